The zero-order chi connectivity index (χ0) is 33.5. The van der Waals surface area contributed by atoms with E-state index >= 15 is 0 Å². The second-order valence-corrected chi connectivity index (χ2v) is 13.6. The van der Waals surface area contributed by atoms with E-state index < -0.39 is 0 Å². The van der Waals surface area contributed by atoms with Crippen LogP contribution in [0.2, 0.25) is 0 Å². The predicted molar refractivity (Wildman–Crippen MR) is 218 cm³/mol. The van der Waals surface area contributed by atoms with Gasteiger partial charge in [-0.3, -0.25) is 0 Å². The first-order valence-electron chi connectivity index (χ1n) is 17.6. The second-order valence-electron chi connectivity index (χ2n) is 13.6. The van der Waals surface area contributed by atoms with Crippen LogP contribution in [0.1, 0.15) is 0 Å². The third kappa shape index (κ3) is 4.22. The van der Waals surface area contributed by atoms with E-state index in [1.54, 1.807) is 0 Å². The number of hydrogen-bond donors (Lipinski definition) is 0. The van der Waals surface area contributed by atoms with Gasteiger partial charge in [-0.15, -0.1) is 0 Å². The van der Waals surface area contributed by atoms with E-state index in [1.807, 2.05) is 0 Å². The minimum atomic E-state index is 0.910. The monoisotopic (exact) mass is 646 g/mol. The molecule has 10 aromatic carbocycles. The molecule has 0 fully saturated rings. The van der Waals surface area contributed by atoms with Gasteiger partial charge in [0.25, 0.3) is 0 Å². The Labute approximate surface area is 294 Å². The highest BCUT2D eigenvalue weighted by Crippen LogP contribution is 2.46. The van der Waals surface area contributed by atoms with Crippen molar-refractivity contribution in [3.8, 4) is 33.4 Å². The van der Waals surface area contributed by atoms with E-state index in [2.05, 4.69) is 182 Å². The molecule has 0 aliphatic rings. The fourth-order valence-corrected chi connectivity index (χ4v) is 8.56. The predicted octanol–water partition coefficient (Wildman–Crippen LogP) is 14.4. The van der Waals surface area contributed by atoms with E-state index in [1.165, 1.54) is 87.1 Å². The van der Waals surface area contributed by atoms with Gasteiger partial charge in [0.1, 0.15) is 11.2 Å². The number of furan rings is 1. The summed E-state index contributed by atoms with van der Waals surface area (Å²) >= 11 is 0. The SMILES string of the molecule is c1ccc2c(c1)cc(-c1ccc(-c3c4ccccc4c(-c4ccc5c(c4)oc4ccc6ccccc6c45)c4ccccc34)cc1)c1ccccc12. The van der Waals surface area contributed by atoms with Gasteiger partial charge >= 0.3 is 0 Å². The molecule has 236 valence electrons. The lowest BCUT2D eigenvalue weighted by atomic mass is 9.85. The minimum Gasteiger partial charge on any atom is -0.456 e. The van der Waals surface area contributed by atoms with Gasteiger partial charge in [0.15, 0.2) is 0 Å². The number of rotatable bonds is 3. The summed E-state index contributed by atoms with van der Waals surface area (Å²) in [5.41, 5.74) is 9.17. The molecule has 0 aliphatic carbocycles. The molecule has 0 atom stereocenters. The third-order valence-corrected chi connectivity index (χ3v) is 10.8. The topological polar surface area (TPSA) is 13.1 Å². The standard InChI is InChI=1S/C50H30O/c1-4-14-37-31(11-1)26-28-46-50(37)44-27-25-35(30-47(44)51-46)49-42-19-9-7-17-40(42)48(41-18-8-10-20-43(41)49)33-23-21-32(22-24-33)45-29-34-12-2-3-13-36(34)38-15-5-6-16-39(38)45/h1-30H. The Morgan fingerprint density at radius 2 is 0.784 bits per heavy atom. The van der Waals surface area contributed by atoms with Gasteiger partial charge in [-0.1, -0.05) is 158 Å². The molecule has 51 heavy (non-hydrogen) atoms. The molecule has 1 heteroatoms. The van der Waals surface area contributed by atoms with Crippen LogP contribution in [0.5, 0.6) is 0 Å². The van der Waals surface area contributed by atoms with Crippen LogP contribution in [0.25, 0.3) is 109 Å². The van der Waals surface area contributed by atoms with Gasteiger partial charge in [-0.05, 0) is 112 Å². The van der Waals surface area contributed by atoms with Crippen molar-refractivity contribution in [2.24, 2.45) is 0 Å². The quantitative estimate of drug-likeness (QED) is 0.138. The van der Waals surface area contributed by atoms with E-state index in [0.29, 0.717) is 0 Å². The maximum atomic E-state index is 6.54. The first-order valence-corrected chi connectivity index (χ1v) is 17.6. The molecule has 0 saturated carbocycles. The van der Waals surface area contributed by atoms with Gasteiger partial charge in [0.05, 0.1) is 0 Å². The molecule has 11 rings (SSSR count). The maximum absolute atomic E-state index is 6.54. The summed E-state index contributed by atoms with van der Waals surface area (Å²) in [5, 5.41) is 14.8. The molecule has 0 saturated heterocycles. The summed E-state index contributed by atoms with van der Waals surface area (Å²) in [6, 6.07) is 66.3. The summed E-state index contributed by atoms with van der Waals surface area (Å²) in [5.74, 6) is 0. The third-order valence-electron chi connectivity index (χ3n) is 10.8. The smallest absolute Gasteiger partial charge is 0.136 e. The van der Waals surface area contributed by atoms with Crippen LogP contribution in [-0.2, 0) is 0 Å². The van der Waals surface area contributed by atoms with Gasteiger partial charge in [0, 0.05) is 10.8 Å². The van der Waals surface area contributed by atoms with Crippen molar-refractivity contribution in [1.29, 1.82) is 0 Å². The Kier molecular flexibility index (Phi) is 6.02. The Hall–Kier alpha value is -6.70. The molecule has 1 heterocycles. The zero-order valence-corrected chi connectivity index (χ0v) is 27.7. The van der Waals surface area contributed by atoms with Crippen LogP contribution in [0, 0.1) is 0 Å². The largest absolute Gasteiger partial charge is 0.456 e. The summed E-state index contributed by atoms with van der Waals surface area (Å²) < 4.78 is 6.54. The summed E-state index contributed by atoms with van der Waals surface area (Å²) in [4.78, 5) is 0. The first kappa shape index (κ1) is 28.2. The zero-order valence-electron chi connectivity index (χ0n) is 27.7. The number of benzene rings is 10. The molecule has 1 aromatic heterocycles. The molecule has 0 N–H and O–H groups in total. The molecular weight excluding hydrogens is 617 g/mol. The van der Waals surface area contributed by atoms with Crippen LogP contribution >= 0.6 is 0 Å². The van der Waals surface area contributed by atoms with Crippen molar-refractivity contribution >= 4 is 75.8 Å². The van der Waals surface area contributed by atoms with Crippen LogP contribution < -0.4 is 0 Å². The fraction of sp³-hybridized carbons (Fsp3) is 0. The maximum Gasteiger partial charge on any atom is 0.136 e. The summed E-state index contributed by atoms with van der Waals surface area (Å²) in [7, 11) is 0. The molecule has 0 spiro atoms. The molecule has 0 radical (unpaired) electrons. The van der Waals surface area contributed by atoms with Crippen LogP contribution in [0.15, 0.2) is 186 Å². The molecule has 0 bridgehead atoms. The average molecular weight is 647 g/mol. The van der Waals surface area contributed by atoms with Crippen molar-refractivity contribution in [2.75, 3.05) is 0 Å². The molecule has 0 unspecified atom stereocenters. The van der Waals surface area contributed by atoms with Crippen molar-refractivity contribution < 1.29 is 4.42 Å². The van der Waals surface area contributed by atoms with Gasteiger partial charge in [0.2, 0.25) is 0 Å². The summed E-state index contributed by atoms with van der Waals surface area (Å²) in [6.45, 7) is 0. The van der Waals surface area contributed by atoms with Crippen molar-refractivity contribution in [3.63, 3.8) is 0 Å². The number of hydrogen-bond acceptors (Lipinski definition) is 1. The summed E-state index contributed by atoms with van der Waals surface area (Å²) in [6.07, 6.45) is 0. The molecule has 0 amide bonds. The van der Waals surface area contributed by atoms with Gasteiger partial charge in [-0.2, -0.15) is 0 Å². The van der Waals surface area contributed by atoms with Crippen molar-refractivity contribution in [2.45, 2.75) is 0 Å². The van der Waals surface area contributed by atoms with E-state index in [-0.39, 0.29) is 0 Å². The lowest BCUT2D eigenvalue weighted by Crippen LogP contribution is -1.91. The Bertz CT molecular complexity index is 3120. The van der Waals surface area contributed by atoms with Crippen molar-refractivity contribution in [1.82, 2.24) is 0 Å². The van der Waals surface area contributed by atoms with E-state index in [4.69, 9.17) is 4.42 Å². The van der Waals surface area contributed by atoms with E-state index in [0.717, 1.165) is 22.1 Å². The van der Waals surface area contributed by atoms with Crippen LogP contribution in [-0.4, -0.2) is 0 Å². The van der Waals surface area contributed by atoms with Gasteiger partial charge in [-0.25, -0.2) is 0 Å². The van der Waals surface area contributed by atoms with Crippen LogP contribution in [0.3, 0.4) is 0 Å². The van der Waals surface area contributed by atoms with Gasteiger partial charge < -0.3 is 4.42 Å². The highest BCUT2D eigenvalue weighted by Gasteiger charge is 2.19. The molecule has 0 aliphatic heterocycles. The van der Waals surface area contributed by atoms with E-state index in [9.17, 15) is 0 Å². The Morgan fingerprint density at radius 3 is 1.47 bits per heavy atom. The first-order chi connectivity index (χ1) is 25.3. The lowest BCUT2D eigenvalue weighted by molar-refractivity contribution is 0.669. The molecule has 11 aromatic rings. The van der Waals surface area contributed by atoms with Crippen LogP contribution in [0.4, 0.5) is 0 Å². The average Bonchev–Trinajstić information content (AvgIpc) is 3.58. The molecule has 1 nitrogen and oxygen atoms in total. The normalized spacial score (nSPS) is 11.9. The fourth-order valence-electron chi connectivity index (χ4n) is 8.56. The Balaban J connectivity index is 1.11. The lowest BCUT2D eigenvalue weighted by Gasteiger charge is -2.18. The highest BCUT2D eigenvalue weighted by atomic mass is 16.3. The minimum absolute atomic E-state index is 0.910. The molecular formula is C50H30O. The Morgan fingerprint density at radius 1 is 0.275 bits per heavy atom. The number of fused-ring (bicyclic) bond motifs is 10. The van der Waals surface area contributed by atoms with Crippen molar-refractivity contribution in [3.05, 3.63) is 182 Å². The highest BCUT2D eigenvalue weighted by molar-refractivity contribution is 6.23. The second kappa shape index (κ2) is 10.9.